The molecule has 0 aromatic carbocycles. The molecule has 2 aromatic rings. The third kappa shape index (κ3) is 2.87. The predicted molar refractivity (Wildman–Crippen MR) is 71.0 cm³/mol. The summed E-state index contributed by atoms with van der Waals surface area (Å²) < 4.78 is 1.92. The molecule has 1 N–H and O–H groups in total. The molecule has 100 valence electrons. The molecule has 2 aromatic heterocycles. The van der Waals surface area contributed by atoms with Crippen LogP contribution in [-0.4, -0.2) is 26.0 Å². The summed E-state index contributed by atoms with van der Waals surface area (Å²) >= 11 is 0. The molecule has 0 aliphatic carbocycles. The van der Waals surface area contributed by atoms with E-state index in [1.807, 2.05) is 17.8 Å². The Balaban J connectivity index is 2.06. The standard InChI is InChI=1S/C12H15N5O2/c1-9-3-5-14-12(11(9)17(18)19)15-6-4-10-13-7-8-16(10)2/h3,5,7-8H,4,6H2,1-2H3,(H,14,15). The summed E-state index contributed by atoms with van der Waals surface area (Å²) in [5, 5.41) is 14.0. The van der Waals surface area contributed by atoms with E-state index < -0.39 is 4.92 Å². The second-order valence-electron chi connectivity index (χ2n) is 4.21. The van der Waals surface area contributed by atoms with Crippen molar-refractivity contribution in [3.63, 3.8) is 0 Å². The van der Waals surface area contributed by atoms with Gasteiger partial charge in [0.25, 0.3) is 0 Å². The summed E-state index contributed by atoms with van der Waals surface area (Å²) in [6.45, 7) is 2.24. The fourth-order valence-corrected chi connectivity index (χ4v) is 1.84. The van der Waals surface area contributed by atoms with E-state index >= 15 is 0 Å². The van der Waals surface area contributed by atoms with Gasteiger partial charge in [0.2, 0.25) is 5.82 Å². The Bertz CT molecular complexity index is 594. The number of hydrogen-bond donors (Lipinski definition) is 1. The van der Waals surface area contributed by atoms with Crippen LogP contribution in [0, 0.1) is 17.0 Å². The molecule has 0 fully saturated rings. The Morgan fingerprint density at radius 3 is 2.84 bits per heavy atom. The van der Waals surface area contributed by atoms with Crippen molar-refractivity contribution >= 4 is 11.5 Å². The van der Waals surface area contributed by atoms with Crippen molar-refractivity contribution in [2.24, 2.45) is 7.05 Å². The molecule has 7 heteroatoms. The lowest BCUT2D eigenvalue weighted by Crippen LogP contribution is -2.11. The van der Waals surface area contributed by atoms with E-state index in [0.717, 1.165) is 5.82 Å². The monoisotopic (exact) mass is 261 g/mol. The van der Waals surface area contributed by atoms with Gasteiger partial charge in [0.15, 0.2) is 0 Å². The summed E-state index contributed by atoms with van der Waals surface area (Å²) in [7, 11) is 1.91. The number of aromatic nitrogens is 3. The largest absolute Gasteiger partial charge is 0.364 e. The van der Waals surface area contributed by atoms with Crippen LogP contribution >= 0.6 is 0 Å². The third-order valence-electron chi connectivity index (χ3n) is 2.87. The summed E-state index contributed by atoms with van der Waals surface area (Å²) in [5.41, 5.74) is 0.627. The Morgan fingerprint density at radius 2 is 2.21 bits per heavy atom. The number of aryl methyl sites for hydroxylation is 2. The quantitative estimate of drug-likeness (QED) is 0.653. The highest BCUT2D eigenvalue weighted by atomic mass is 16.6. The van der Waals surface area contributed by atoms with Gasteiger partial charge in [-0.25, -0.2) is 9.97 Å². The van der Waals surface area contributed by atoms with Crippen LogP contribution in [0.15, 0.2) is 24.7 Å². The van der Waals surface area contributed by atoms with Crippen LogP contribution in [0.25, 0.3) is 0 Å². The zero-order valence-electron chi connectivity index (χ0n) is 10.8. The van der Waals surface area contributed by atoms with Crippen molar-refractivity contribution in [1.82, 2.24) is 14.5 Å². The number of imidazole rings is 1. The Labute approximate surface area is 110 Å². The van der Waals surface area contributed by atoms with E-state index in [4.69, 9.17) is 0 Å². The number of pyridine rings is 1. The average molecular weight is 261 g/mol. The normalized spacial score (nSPS) is 10.4. The molecule has 0 radical (unpaired) electrons. The zero-order chi connectivity index (χ0) is 13.8. The van der Waals surface area contributed by atoms with E-state index in [1.54, 1.807) is 25.4 Å². The van der Waals surface area contributed by atoms with Crippen molar-refractivity contribution in [3.05, 3.63) is 46.2 Å². The maximum atomic E-state index is 11.0. The van der Waals surface area contributed by atoms with Gasteiger partial charge in [0.05, 0.1) is 4.92 Å². The first-order chi connectivity index (χ1) is 9.09. The van der Waals surface area contributed by atoms with Crippen LogP contribution in [0.2, 0.25) is 0 Å². The van der Waals surface area contributed by atoms with Crippen molar-refractivity contribution in [2.75, 3.05) is 11.9 Å². The fourth-order valence-electron chi connectivity index (χ4n) is 1.84. The van der Waals surface area contributed by atoms with Gasteiger partial charge in [-0.15, -0.1) is 0 Å². The second kappa shape index (κ2) is 5.47. The van der Waals surface area contributed by atoms with Crippen molar-refractivity contribution in [1.29, 1.82) is 0 Å². The average Bonchev–Trinajstić information content (AvgIpc) is 2.75. The first-order valence-electron chi connectivity index (χ1n) is 5.89. The summed E-state index contributed by atoms with van der Waals surface area (Å²) in [5.74, 6) is 1.22. The lowest BCUT2D eigenvalue weighted by molar-refractivity contribution is -0.384. The van der Waals surface area contributed by atoms with Gasteiger partial charge >= 0.3 is 5.69 Å². The van der Waals surface area contributed by atoms with Gasteiger partial charge in [-0.2, -0.15) is 0 Å². The van der Waals surface area contributed by atoms with Gasteiger partial charge in [-0.1, -0.05) is 0 Å². The fraction of sp³-hybridized carbons (Fsp3) is 0.333. The molecular formula is C12H15N5O2. The highest BCUT2D eigenvalue weighted by Gasteiger charge is 2.17. The molecule has 2 heterocycles. The molecule has 0 atom stereocenters. The minimum atomic E-state index is -0.411. The van der Waals surface area contributed by atoms with Crippen molar-refractivity contribution in [2.45, 2.75) is 13.3 Å². The molecule has 0 bridgehead atoms. The molecule has 0 spiro atoms. The van der Waals surface area contributed by atoms with Crippen LogP contribution in [-0.2, 0) is 13.5 Å². The van der Waals surface area contributed by atoms with E-state index in [0.29, 0.717) is 24.3 Å². The molecule has 0 unspecified atom stereocenters. The van der Waals surface area contributed by atoms with Crippen LogP contribution < -0.4 is 5.32 Å². The van der Waals surface area contributed by atoms with Crippen LogP contribution in [0.3, 0.4) is 0 Å². The second-order valence-corrected chi connectivity index (χ2v) is 4.21. The molecule has 0 saturated carbocycles. The zero-order valence-corrected chi connectivity index (χ0v) is 10.8. The van der Waals surface area contributed by atoms with E-state index in [9.17, 15) is 10.1 Å². The maximum Gasteiger partial charge on any atom is 0.314 e. The van der Waals surface area contributed by atoms with Crippen LogP contribution in [0.4, 0.5) is 11.5 Å². The predicted octanol–water partition coefficient (Wildman–Crippen LogP) is 1.69. The highest BCUT2D eigenvalue weighted by molar-refractivity contribution is 5.59. The van der Waals surface area contributed by atoms with Crippen LogP contribution in [0.1, 0.15) is 11.4 Å². The van der Waals surface area contributed by atoms with Gasteiger partial charge < -0.3 is 9.88 Å². The van der Waals surface area contributed by atoms with Gasteiger partial charge in [0.1, 0.15) is 5.82 Å². The van der Waals surface area contributed by atoms with Crippen LogP contribution in [0.5, 0.6) is 0 Å². The topological polar surface area (TPSA) is 85.9 Å². The minimum absolute atomic E-state index is 0.0299. The molecule has 0 amide bonds. The first kappa shape index (κ1) is 13.0. The number of hydrogen-bond acceptors (Lipinski definition) is 5. The van der Waals surface area contributed by atoms with E-state index in [2.05, 4.69) is 15.3 Å². The van der Waals surface area contributed by atoms with Gasteiger partial charge in [0, 0.05) is 44.2 Å². The molecular weight excluding hydrogens is 246 g/mol. The Hall–Kier alpha value is -2.44. The summed E-state index contributed by atoms with van der Waals surface area (Å²) in [6, 6.07) is 1.63. The van der Waals surface area contributed by atoms with Crippen molar-refractivity contribution < 1.29 is 4.92 Å². The van der Waals surface area contributed by atoms with E-state index in [-0.39, 0.29) is 5.69 Å². The summed E-state index contributed by atoms with van der Waals surface area (Å²) in [6.07, 6.45) is 5.83. The molecule has 0 aliphatic rings. The molecule has 0 aliphatic heterocycles. The number of nitro groups is 1. The van der Waals surface area contributed by atoms with E-state index in [1.165, 1.54) is 0 Å². The SMILES string of the molecule is Cc1ccnc(NCCc2nccn2C)c1[N+](=O)[O-]. The molecule has 19 heavy (non-hydrogen) atoms. The Kier molecular flexibility index (Phi) is 3.74. The molecule has 7 nitrogen and oxygen atoms in total. The van der Waals surface area contributed by atoms with Gasteiger partial charge in [-0.05, 0) is 13.0 Å². The Morgan fingerprint density at radius 1 is 1.42 bits per heavy atom. The number of nitrogens with zero attached hydrogens (tertiary/aromatic N) is 4. The molecule has 0 saturated heterocycles. The molecule has 2 rings (SSSR count). The summed E-state index contributed by atoms with van der Waals surface area (Å²) in [4.78, 5) is 18.8. The third-order valence-corrected chi connectivity index (χ3v) is 2.87. The smallest absolute Gasteiger partial charge is 0.314 e. The number of anilines is 1. The van der Waals surface area contributed by atoms with Crippen molar-refractivity contribution in [3.8, 4) is 0 Å². The lowest BCUT2D eigenvalue weighted by Gasteiger charge is -2.07. The maximum absolute atomic E-state index is 11.0. The minimum Gasteiger partial charge on any atom is -0.364 e. The number of rotatable bonds is 5. The highest BCUT2D eigenvalue weighted by Crippen LogP contribution is 2.25. The van der Waals surface area contributed by atoms with Gasteiger partial charge in [-0.3, -0.25) is 10.1 Å². The first-order valence-corrected chi connectivity index (χ1v) is 5.89. The lowest BCUT2D eigenvalue weighted by atomic mass is 10.2. The number of nitrogens with one attached hydrogen (secondary N) is 1.